The van der Waals surface area contributed by atoms with Crippen molar-refractivity contribution in [2.45, 2.75) is 9.79 Å². The molecule has 0 bridgehead atoms. The molecule has 0 atom stereocenters. The Morgan fingerprint density at radius 2 is 1.73 bits per heavy atom. The third kappa shape index (κ3) is 2.60. The fourth-order valence-electron chi connectivity index (χ4n) is 1.24. The van der Waals surface area contributed by atoms with Gasteiger partial charge in [-0.1, -0.05) is 36.0 Å². The van der Waals surface area contributed by atoms with Crippen LogP contribution >= 0.6 is 11.8 Å². The first kappa shape index (κ1) is 10.2. The highest BCUT2D eigenvalue weighted by atomic mass is 32.2. The molecule has 0 saturated heterocycles. The van der Waals surface area contributed by atoms with Gasteiger partial charge in [0.2, 0.25) is 0 Å². The van der Waals surface area contributed by atoms with Crippen molar-refractivity contribution in [1.29, 1.82) is 0 Å². The molecule has 2 aromatic carbocycles. The first-order valence-corrected chi connectivity index (χ1v) is 5.42. The van der Waals surface area contributed by atoms with Gasteiger partial charge in [0.05, 0.1) is 0 Å². The van der Waals surface area contributed by atoms with Gasteiger partial charge in [0.25, 0.3) is 0 Å². The summed E-state index contributed by atoms with van der Waals surface area (Å²) in [4.78, 5) is 1.65. The van der Waals surface area contributed by atoms with E-state index in [-0.39, 0.29) is 5.82 Å². The van der Waals surface area contributed by atoms with Crippen LogP contribution in [0.1, 0.15) is 5.56 Å². The maximum absolute atomic E-state index is 13.4. The van der Waals surface area contributed by atoms with E-state index in [1.54, 1.807) is 12.1 Å². The molecule has 0 saturated carbocycles. The Kier molecular flexibility index (Phi) is 3.07. The summed E-state index contributed by atoms with van der Waals surface area (Å²) in [5.41, 5.74) is 0.829. The normalized spacial score (nSPS) is 10.3. The van der Waals surface area contributed by atoms with Crippen molar-refractivity contribution in [2.24, 2.45) is 0 Å². The van der Waals surface area contributed by atoms with Gasteiger partial charge in [-0.3, -0.25) is 0 Å². The topological polar surface area (TPSA) is 0 Å². The highest BCUT2D eigenvalue weighted by Crippen LogP contribution is 2.29. The second kappa shape index (κ2) is 4.49. The van der Waals surface area contributed by atoms with Crippen LogP contribution in [0.15, 0.2) is 58.3 Å². The zero-order valence-corrected chi connectivity index (χ0v) is 8.93. The fraction of sp³-hybridized carbons (Fsp3) is 0. The first-order valence-electron chi connectivity index (χ1n) is 4.60. The van der Waals surface area contributed by atoms with Crippen molar-refractivity contribution < 1.29 is 4.39 Å². The number of hydrogen-bond acceptors (Lipinski definition) is 1. The van der Waals surface area contributed by atoms with Crippen molar-refractivity contribution in [3.8, 4) is 0 Å². The predicted octanol–water partition coefficient (Wildman–Crippen LogP) is 4.16. The van der Waals surface area contributed by atoms with Crippen molar-refractivity contribution in [2.75, 3.05) is 0 Å². The molecule has 0 aromatic heterocycles. The Morgan fingerprint density at radius 3 is 2.47 bits per heavy atom. The van der Waals surface area contributed by atoms with Crippen molar-refractivity contribution >= 4 is 11.8 Å². The Labute approximate surface area is 93.1 Å². The number of halogens is 1. The third-order valence-electron chi connectivity index (χ3n) is 1.97. The largest absolute Gasteiger partial charge is 0.206 e. The minimum Gasteiger partial charge on any atom is -0.206 e. The van der Waals surface area contributed by atoms with E-state index in [1.165, 1.54) is 17.8 Å². The molecule has 1 radical (unpaired) electrons. The summed E-state index contributed by atoms with van der Waals surface area (Å²) < 4.78 is 13.4. The van der Waals surface area contributed by atoms with Crippen molar-refractivity contribution in [1.82, 2.24) is 0 Å². The molecule has 0 aliphatic rings. The molecule has 15 heavy (non-hydrogen) atoms. The Balaban J connectivity index is 2.28. The minimum absolute atomic E-state index is 0.198. The predicted molar refractivity (Wildman–Crippen MR) is 61.4 cm³/mol. The molecule has 0 unspecified atom stereocenters. The second-order valence-corrected chi connectivity index (χ2v) is 4.30. The van der Waals surface area contributed by atoms with E-state index in [4.69, 9.17) is 0 Å². The zero-order chi connectivity index (χ0) is 10.7. The van der Waals surface area contributed by atoms with Crippen LogP contribution in [0.4, 0.5) is 4.39 Å². The van der Waals surface area contributed by atoms with Crippen LogP contribution in [-0.4, -0.2) is 0 Å². The van der Waals surface area contributed by atoms with E-state index in [0.29, 0.717) is 4.90 Å². The molecule has 0 aliphatic heterocycles. The lowest BCUT2D eigenvalue weighted by Crippen LogP contribution is -1.82. The molecule has 0 spiro atoms. The molecule has 2 rings (SSSR count). The molecule has 0 aliphatic carbocycles. The van der Waals surface area contributed by atoms with Gasteiger partial charge in [0.15, 0.2) is 0 Å². The molecular formula is C13H10FS. The summed E-state index contributed by atoms with van der Waals surface area (Å²) in [5.74, 6) is -0.198. The summed E-state index contributed by atoms with van der Waals surface area (Å²) in [6.07, 6.45) is 0. The number of hydrogen-bond donors (Lipinski definition) is 0. The van der Waals surface area contributed by atoms with Gasteiger partial charge in [-0.05, 0) is 36.8 Å². The number of rotatable bonds is 2. The SMILES string of the molecule is [CH2]c1ccc(F)c(Sc2ccccc2)c1. The number of benzene rings is 2. The monoisotopic (exact) mass is 217 g/mol. The highest BCUT2D eigenvalue weighted by Gasteiger charge is 2.03. The molecule has 0 nitrogen and oxygen atoms in total. The van der Waals surface area contributed by atoms with Crippen LogP contribution in [0.5, 0.6) is 0 Å². The van der Waals surface area contributed by atoms with E-state index in [9.17, 15) is 4.39 Å². The smallest absolute Gasteiger partial charge is 0.137 e. The lowest BCUT2D eigenvalue weighted by atomic mass is 10.2. The molecule has 75 valence electrons. The third-order valence-corrected chi connectivity index (χ3v) is 3.01. The van der Waals surface area contributed by atoms with Gasteiger partial charge in [-0.2, -0.15) is 0 Å². The van der Waals surface area contributed by atoms with Gasteiger partial charge < -0.3 is 0 Å². The van der Waals surface area contributed by atoms with E-state index >= 15 is 0 Å². The summed E-state index contributed by atoms with van der Waals surface area (Å²) in [6, 6.07) is 14.6. The summed E-state index contributed by atoms with van der Waals surface area (Å²) >= 11 is 1.41. The summed E-state index contributed by atoms with van der Waals surface area (Å²) in [6.45, 7) is 3.78. The van der Waals surface area contributed by atoms with Crippen molar-refractivity contribution in [3.05, 3.63) is 66.8 Å². The molecule has 2 aromatic rings. The Hall–Kier alpha value is -1.28. The lowest BCUT2D eigenvalue weighted by molar-refractivity contribution is 0.601. The van der Waals surface area contributed by atoms with Gasteiger partial charge in [0, 0.05) is 9.79 Å². The van der Waals surface area contributed by atoms with Crippen LogP contribution < -0.4 is 0 Å². The molecule has 0 heterocycles. The maximum Gasteiger partial charge on any atom is 0.137 e. The van der Waals surface area contributed by atoms with E-state index in [2.05, 4.69) is 6.92 Å². The van der Waals surface area contributed by atoms with Gasteiger partial charge in [0.1, 0.15) is 5.82 Å². The first-order chi connectivity index (χ1) is 7.25. The standard InChI is InChI=1S/C13H10FS/c1-10-7-8-12(14)13(9-10)15-11-5-3-2-4-6-11/h2-9H,1H2. The molecule has 2 heteroatoms. The van der Waals surface area contributed by atoms with Crippen LogP contribution in [0.25, 0.3) is 0 Å². The van der Waals surface area contributed by atoms with E-state index in [1.807, 2.05) is 30.3 Å². The van der Waals surface area contributed by atoms with Crippen LogP contribution in [0, 0.1) is 12.7 Å². The minimum atomic E-state index is -0.198. The lowest BCUT2D eigenvalue weighted by Gasteiger charge is -2.03. The molecule has 0 N–H and O–H groups in total. The van der Waals surface area contributed by atoms with Gasteiger partial charge in [-0.15, -0.1) is 0 Å². The van der Waals surface area contributed by atoms with E-state index < -0.39 is 0 Å². The Bertz CT molecular complexity index is 451. The fourth-order valence-corrected chi connectivity index (χ4v) is 2.16. The zero-order valence-electron chi connectivity index (χ0n) is 8.11. The van der Waals surface area contributed by atoms with Crippen LogP contribution in [-0.2, 0) is 0 Å². The summed E-state index contributed by atoms with van der Waals surface area (Å²) in [5, 5.41) is 0. The van der Waals surface area contributed by atoms with Crippen molar-refractivity contribution in [3.63, 3.8) is 0 Å². The van der Waals surface area contributed by atoms with Crippen LogP contribution in [0.2, 0.25) is 0 Å². The van der Waals surface area contributed by atoms with Gasteiger partial charge in [-0.25, -0.2) is 4.39 Å². The second-order valence-electron chi connectivity index (χ2n) is 3.18. The summed E-state index contributed by atoms with van der Waals surface area (Å²) in [7, 11) is 0. The average molecular weight is 217 g/mol. The Morgan fingerprint density at radius 1 is 1.00 bits per heavy atom. The molecule has 0 fully saturated rings. The molecule has 0 amide bonds. The van der Waals surface area contributed by atoms with Crippen LogP contribution in [0.3, 0.4) is 0 Å². The highest BCUT2D eigenvalue weighted by molar-refractivity contribution is 7.99. The quantitative estimate of drug-likeness (QED) is 0.728. The molecular weight excluding hydrogens is 207 g/mol. The maximum atomic E-state index is 13.4. The van der Waals surface area contributed by atoms with E-state index in [0.717, 1.165) is 10.5 Å². The van der Waals surface area contributed by atoms with Gasteiger partial charge >= 0.3 is 0 Å². The average Bonchev–Trinajstić information content (AvgIpc) is 2.25.